The maximum atomic E-state index is 14.7. The molecular weight excluding hydrogens is 999 g/mol. The first-order chi connectivity index (χ1) is 37.8. The third kappa shape index (κ3) is 16.1. The SMILES string of the molecule is CCCCCC1CCC(C(=O)Oc2ccc(C(=O)OC3CCC(C(=O)Oc4ccc(OC5(C=O)CCC(OC(=O)c6ccc(OC(=O)C7CCC(CCCCC)CC7)cc6)CC5)cc4-c4cc(F)cc(F)c4)CC3)cc2)CC1. The summed E-state index contributed by atoms with van der Waals surface area (Å²) in [6.07, 6.45) is 19.6. The molecule has 12 nitrogen and oxygen atoms in total. The van der Waals surface area contributed by atoms with E-state index in [4.69, 9.17) is 28.4 Å². The fourth-order valence-corrected chi connectivity index (χ4v) is 11.8. The number of aldehydes is 1. The molecule has 78 heavy (non-hydrogen) atoms. The summed E-state index contributed by atoms with van der Waals surface area (Å²) in [4.78, 5) is 78.7. The zero-order valence-corrected chi connectivity index (χ0v) is 45.3. The summed E-state index contributed by atoms with van der Waals surface area (Å²) in [7, 11) is 0. The topological polar surface area (TPSA) is 158 Å². The first kappa shape index (κ1) is 57.7. The molecule has 4 aliphatic rings. The lowest BCUT2D eigenvalue weighted by Crippen LogP contribution is -2.43. The molecule has 0 aromatic heterocycles. The lowest BCUT2D eigenvalue weighted by molar-refractivity contribution is -0.141. The number of carbonyl (C=O) groups is 6. The van der Waals surface area contributed by atoms with Crippen molar-refractivity contribution in [1.82, 2.24) is 0 Å². The molecule has 418 valence electrons. The third-order valence-electron chi connectivity index (χ3n) is 16.6. The average molecular weight is 1080 g/mol. The first-order valence-electron chi connectivity index (χ1n) is 28.8. The van der Waals surface area contributed by atoms with Crippen LogP contribution in [0.4, 0.5) is 8.78 Å². The van der Waals surface area contributed by atoms with Crippen LogP contribution in [0.15, 0.2) is 84.9 Å². The third-order valence-corrected chi connectivity index (χ3v) is 16.6. The molecule has 4 fully saturated rings. The minimum absolute atomic E-state index is 0.0302. The van der Waals surface area contributed by atoms with E-state index in [1.165, 1.54) is 69.6 Å². The van der Waals surface area contributed by atoms with Crippen molar-refractivity contribution < 1.29 is 66.0 Å². The highest BCUT2D eigenvalue weighted by atomic mass is 19.1. The Hall–Kier alpha value is -6.44. The van der Waals surface area contributed by atoms with Gasteiger partial charge in [-0.2, -0.15) is 0 Å². The van der Waals surface area contributed by atoms with Crippen molar-refractivity contribution in [2.24, 2.45) is 29.6 Å². The van der Waals surface area contributed by atoms with Gasteiger partial charge in [-0.1, -0.05) is 65.2 Å². The van der Waals surface area contributed by atoms with E-state index < -0.39 is 53.3 Å². The number of rotatable bonds is 22. The summed E-state index contributed by atoms with van der Waals surface area (Å²) < 4.78 is 64.6. The van der Waals surface area contributed by atoms with Crippen LogP contribution in [0, 0.1) is 41.2 Å². The van der Waals surface area contributed by atoms with Gasteiger partial charge in [0.15, 0.2) is 11.9 Å². The highest BCUT2D eigenvalue weighted by Crippen LogP contribution is 2.41. The predicted molar refractivity (Wildman–Crippen MR) is 289 cm³/mol. The Kier molecular flexibility index (Phi) is 20.7. The van der Waals surface area contributed by atoms with Gasteiger partial charge in [0.1, 0.15) is 46.8 Å². The minimum atomic E-state index is -1.31. The second kappa shape index (κ2) is 27.9. The van der Waals surface area contributed by atoms with E-state index >= 15 is 0 Å². The molecule has 0 atom stereocenters. The van der Waals surface area contributed by atoms with E-state index in [1.807, 2.05) is 0 Å². The van der Waals surface area contributed by atoms with E-state index in [-0.39, 0.29) is 59.2 Å². The molecule has 4 aromatic carbocycles. The van der Waals surface area contributed by atoms with Crippen LogP contribution in [0.3, 0.4) is 0 Å². The summed E-state index contributed by atoms with van der Waals surface area (Å²) >= 11 is 0. The lowest BCUT2D eigenvalue weighted by Gasteiger charge is -2.36. The van der Waals surface area contributed by atoms with E-state index in [1.54, 1.807) is 48.5 Å². The zero-order chi connectivity index (χ0) is 55.0. The van der Waals surface area contributed by atoms with Crippen LogP contribution in [0.5, 0.6) is 23.0 Å². The van der Waals surface area contributed by atoms with E-state index in [2.05, 4.69) is 13.8 Å². The Morgan fingerprint density at radius 2 is 0.923 bits per heavy atom. The standard InChI is InChI=1S/C64H76F2O12/c1-3-5-7-9-42-11-15-44(16-12-42)59(68)73-52-25-19-46(20-26-52)61(70)75-54-29-23-48(24-30-54)63(72)77-58-32-31-56(40-57(58)49-37-50(65)39-51(66)38-49)78-64(41-67)35-33-55(34-36-64)76-62(71)47-21-27-53(28-22-47)74-60(69)45-17-13-43(14-18-45)10-8-6-4-2/h19-22,25-28,31-32,37-45,48,54-55H,3-18,23-24,29-30,33-36H2,1-2H3. The molecule has 8 rings (SSSR count). The van der Waals surface area contributed by atoms with Gasteiger partial charge in [-0.05, 0) is 199 Å². The van der Waals surface area contributed by atoms with Gasteiger partial charge in [-0.3, -0.25) is 19.2 Å². The van der Waals surface area contributed by atoms with Crippen LogP contribution >= 0.6 is 0 Å². The van der Waals surface area contributed by atoms with Crippen molar-refractivity contribution in [3.63, 3.8) is 0 Å². The Bertz CT molecular complexity index is 2630. The molecule has 0 heterocycles. The van der Waals surface area contributed by atoms with E-state index in [0.29, 0.717) is 79.3 Å². The number of halogens is 2. The zero-order valence-electron chi connectivity index (χ0n) is 45.3. The van der Waals surface area contributed by atoms with Crippen molar-refractivity contribution in [3.05, 3.63) is 108 Å². The average Bonchev–Trinajstić information content (AvgIpc) is 3.46. The van der Waals surface area contributed by atoms with E-state index in [9.17, 15) is 37.5 Å². The van der Waals surface area contributed by atoms with Gasteiger partial charge in [0.05, 0.1) is 28.9 Å². The molecule has 4 saturated carbocycles. The predicted octanol–water partition coefficient (Wildman–Crippen LogP) is 14.7. The van der Waals surface area contributed by atoms with Crippen LogP contribution in [0.2, 0.25) is 0 Å². The molecule has 0 saturated heterocycles. The lowest BCUT2D eigenvalue weighted by atomic mass is 9.80. The number of esters is 5. The van der Waals surface area contributed by atoms with E-state index in [0.717, 1.165) is 69.6 Å². The van der Waals surface area contributed by atoms with Gasteiger partial charge in [0, 0.05) is 11.6 Å². The quantitative estimate of drug-likeness (QED) is 0.0318. The largest absolute Gasteiger partial charge is 0.480 e. The van der Waals surface area contributed by atoms with Crippen molar-refractivity contribution in [3.8, 4) is 34.1 Å². The molecule has 14 heteroatoms. The summed E-state index contributed by atoms with van der Waals surface area (Å²) in [5, 5.41) is 0. The van der Waals surface area contributed by atoms with Crippen molar-refractivity contribution in [1.29, 1.82) is 0 Å². The summed E-state index contributed by atoms with van der Waals surface area (Å²) in [6, 6.07) is 20.1. The molecule has 0 spiro atoms. The first-order valence-corrected chi connectivity index (χ1v) is 28.8. The van der Waals surface area contributed by atoms with Gasteiger partial charge in [0.25, 0.3) is 0 Å². The molecule has 4 aromatic rings. The Morgan fingerprint density at radius 1 is 0.500 bits per heavy atom. The molecule has 0 aliphatic heterocycles. The fourth-order valence-electron chi connectivity index (χ4n) is 11.8. The number of carbonyl (C=O) groups excluding carboxylic acids is 6. The van der Waals surface area contributed by atoms with Crippen molar-refractivity contribution in [2.45, 2.75) is 186 Å². The number of ether oxygens (including phenoxy) is 6. The van der Waals surface area contributed by atoms with Crippen LogP contribution in [0.1, 0.15) is 189 Å². The second-order valence-electron chi connectivity index (χ2n) is 22.3. The number of hydrogen-bond acceptors (Lipinski definition) is 12. The Morgan fingerprint density at radius 3 is 1.37 bits per heavy atom. The van der Waals surface area contributed by atoms with Crippen LogP contribution in [-0.4, -0.2) is 53.9 Å². The normalized spacial score (nSPS) is 24.2. The minimum Gasteiger partial charge on any atom is -0.480 e. The molecule has 0 N–H and O–H groups in total. The van der Waals surface area contributed by atoms with Crippen LogP contribution < -0.4 is 18.9 Å². The summed E-state index contributed by atoms with van der Waals surface area (Å²) in [5.41, 5.74) is -0.465. The molecular formula is C64H76F2O12. The van der Waals surface area contributed by atoms with Crippen LogP contribution in [0.25, 0.3) is 11.1 Å². The van der Waals surface area contributed by atoms with Crippen molar-refractivity contribution in [2.75, 3.05) is 0 Å². The molecule has 0 unspecified atom stereocenters. The molecule has 0 amide bonds. The summed E-state index contributed by atoms with van der Waals surface area (Å²) in [6.45, 7) is 4.41. The number of hydrogen-bond donors (Lipinski definition) is 0. The number of unbranched alkanes of at least 4 members (excludes halogenated alkanes) is 4. The van der Waals surface area contributed by atoms with Crippen LogP contribution in [-0.2, 0) is 28.7 Å². The van der Waals surface area contributed by atoms with Crippen molar-refractivity contribution >= 4 is 36.1 Å². The molecule has 0 bridgehead atoms. The smallest absolute Gasteiger partial charge is 0.338 e. The van der Waals surface area contributed by atoms with Gasteiger partial charge in [0.2, 0.25) is 0 Å². The number of benzene rings is 4. The van der Waals surface area contributed by atoms with Gasteiger partial charge in [-0.15, -0.1) is 0 Å². The van der Waals surface area contributed by atoms with Gasteiger partial charge >= 0.3 is 29.8 Å². The Labute approximate surface area is 457 Å². The maximum Gasteiger partial charge on any atom is 0.338 e. The second-order valence-corrected chi connectivity index (χ2v) is 22.3. The maximum absolute atomic E-state index is 14.7. The highest BCUT2D eigenvalue weighted by molar-refractivity contribution is 5.90. The monoisotopic (exact) mass is 1070 g/mol. The Balaban J connectivity index is 0.799. The van der Waals surface area contributed by atoms with Gasteiger partial charge < -0.3 is 28.4 Å². The molecule has 0 radical (unpaired) electrons. The highest BCUT2D eigenvalue weighted by Gasteiger charge is 2.39. The van der Waals surface area contributed by atoms with Gasteiger partial charge in [-0.25, -0.2) is 18.4 Å². The molecule has 4 aliphatic carbocycles. The fraction of sp³-hybridized carbons (Fsp3) is 0.531. The summed E-state index contributed by atoms with van der Waals surface area (Å²) in [5.74, 6) is -2.29.